The molecule has 0 aliphatic carbocycles. The maximum absolute atomic E-state index is 9.28. The Morgan fingerprint density at radius 3 is 2.81 bits per heavy atom. The van der Waals surface area contributed by atoms with Crippen LogP contribution in [0.25, 0.3) is 0 Å². The second-order valence-electron chi connectivity index (χ2n) is 4.84. The highest BCUT2D eigenvalue weighted by atomic mass is 16.7. The van der Waals surface area contributed by atoms with Crippen molar-refractivity contribution < 1.29 is 14.6 Å². The fourth-order valence-electron chi connectivity index (χ4n) is 1.98. The smallest absolute Gasteiger partial charge is 0.158 e. The highest BCUT2D eigenvalue weighted by molar-refractivity contribution is 4.84. The van der Waals surface area contributed by atoms with Crippen molar-refractivity contribution in [1.29, 1.82) is 0 Å². The van der Waals surface area contributed by atoms with E-state index in [0.717, 1.165) is 25.9 Å². The number of aliphatic hydroxyl groups is 1. The molecule has 0 aromatic heterocycles. The van der Waals surface area contributed by atoms with Crippen LogP contribution < -0.4 is 5.32 Å². The first-order valence-corrected chi connectivity index (χ1v) is 6.17. The van der Waals surface area contributed by atoms with Gasteiger partial charge in [0.1, 0.15) is 0 Å². The summed E-state index contributed by atoms with van der Waals surface area (Å²) in [4.78, 5) is 0. The molecule has 0 aromatic rings. The Hall–Kier alpha value is -0.160. The van der Waals surface area contributed by atoms with Crippen LogP contribution in [0.4, 0.5) is 0 Å². The molecule has 1 heterocycles. The van der Waals surface area contributed by atoms with Gasteiger partial charge < -0.3 is 19.9 Å². The van der Waals surface area contributed by atoms with Crippen molar-refractivity contribution in [1.82, 2.24) is 5.32 Å². The van der Waals surface area contributed by atoms with Crippen molar-refractivity contribution in [2.24, 2.45) is 5.92 Å². The standard InChI is InChI=1S/C12H25NO3/c1-10(8-14)12(2,9-13-3)16-11-6-4-5-7-15-11/h10-11,13-14H,4-9H2,1-3H3. The molecule has 4 heteroatoms. The lowest BCUT2D eigenvalue weighted by molar-refractivity contribution is -0.234. The molecule has 4 nitrogen and oxygen atoms in total. The Morgan fingerprint density at radius 1 is 1.56 bits per heavy atom. The highest BCUT2D eigenvalue weighted by Crippen LogP contribution is 2.26. The molecule has 1 aliphatic heterocycles. The van der Waals surface area contributed by atoms with Gasteiger partial charge in [-0.3, -0.25) is 0 Å². The van der Waals surface area contributed by atoms with Gasteiger partial charge >= 0.3 is 0 Å². The number of hydrogen-bond acceptors (Lipinski definition) is 4. The molecule has 1 rings (SSSR count). The van der Waals surface area contributed by atoms with Crippen molar-refractivity contribution in [2.45, 2.75) is 45.0 Å². The molecule has 0 aromatic carbocycles. The summed E-state index contributed by atoms with van der Waals surface area (Å²) in [6.45, 7) is 5.66. The van der Waals surface area contributed by atoms with Gasteiger partial charge in [0.2, 0.25) is 0 Å². The molecule has 1 saturated heterocycles. The quantitative estimate of drug-likeness (QED) is 0.719. The molecule has 1 aliphatic rings. The fourth-order valence-corrected chi connectivity index (χ4v) is 1.98. The lowest BCUT2D eigenvalue weighted by atomic mass is 9.91. The minimum absolute atomic E-state index is 0.0884. The third kappa shape index (κ3) is 3.70. The Balaban J connectivity index is 2.54. The van der Waals surface area contributed by atoms with Crippen LogP contribution in [0.2, 0.25) is 0 Å². The number of ether oxygens (including phenoxy) is 2. The van der Waals surface area contributed by atoms with E-state index >= 15 is 0 Å². The summed E-state index contributed by atoms with van der Waals surface area (Å²) in [5.41, 5.74) is -0.370. The van der Waals surface area contributed by atoms with E-state index in [1.165, 1.54) is 0 Å². The monoisotopic (exact) mass is 231 g/mol. The van der Waals surface area contributed by atoms with Gasteiger partial charge in [0.05, 0.1) is 5.60 Å². The van der Waals surface area contributed by atoms with Crippen molar-refractivity contribution in [3.8, 4) is 0 Å². The summed E-state index contributed by atoms with van der Waals surface area (Å²) >= 11 is 0. The minimum atomic E-state index is -0.370. The summed E-state index contributed by atoms with van der Waals surface area (Å²) in [5, 5.41) is 12.4. The van der Waals surface area contributed by atoms with Crippen LogP contribution in [-0.2, 0) is 9.47 Å². The molecule has 3 atom stereocenters. The van der Waals surface area contributed by atoms with Crippen LogP contribution in [0, 0.1) is 5.92 Å². The van der Waals surface area contributed by atoms with E-state index < -0.39 is 0 Å². The van der Waals surface area contributed by atoms with Crippen LogP contribution in [-0.4, -0.2) is 43.8 Å². The topological polar surface area (TPSA) is 50.7 Å². The molecule has 0 bridgehead atoms. The van der Waals surface area contributed by atoms with Crippen molar-refractivity contribution in [3.63, 3.8) is 0 Å². The second kappa shape index (κ2) is 6.55. The first-order valence-electron chi connectivity index (χ1n) is 6.17. The van der Waals surface area contributed by atoms with E-state index in [-0.39, 0.29) is 24.4 Å². The Kier molecular flexibility index (Phi) is 5.69. The predicted molar refractivity (Wildman–Crippen MR) is 63.3 cm³/mol. The third-order valence-electron chi connectivity index (χ3n) is 3.38. The molecule has 3 unspecified atom stereocenters. The Morgan fingerprint density at radius 2 is 2.31 bits per heavy atom. The van der Waals surface area contributed by atoms with E-state index in [4.69, 9.17) is 9.47 Å². The molecule has 0 saturated carbocycles. The van der Waals surface area contributed by atoms with Crippen LogP contribution in [0.1, 0.15) is 33.1 Å². The van der Waals surface area contributed by atoms with E-state index in [1.54, 1.807) is 0 Å². The van der Waals surface area contributed by atoms with Crippen molar-refractivity contribution in [2.75, 3.05) is 26.8 Å². The largest absolute Gasteiger partial charge is 0.396 e. The van der Waals surface area contributed by atoms with E-state index in [1.807, 2.05) is 20.9 Å². The summed E-state index contributed by atoms with van der Waals surface area (Å²) in [5.74, 6) is 0.0884. The maximum atomic E-state index is 9.28. The maximum Gasteiger partial charge on any atom is 0.158 e. The van der Waals surface area contributed by atoms with E-state index in [9.17, 15) is 5.11 Å². The zero-order valence-electron chi connectivity index (χ0n) is 10.7. The number of rotatable bonds is 6. The number of aliphatic hydroxyl groups excluding tert-OH is 1. The lowest BCUT2D eigenvalue weighted by Gasteiger charge is -2.39. The molecule has 96 valence electrons. The molecule has 2 N–H and O–H groups in total. The third-order valence-corrected chi connectivity index (χ3v) is 3.38. The Bertz CT molecular complexity index is 195. The second-order valence-corrected chi connectivity index (χ2v) is 4.84. The summed E-state index contributed by atoms with van der Waals surface area (Å²) in [6.07, 6.45) is 3.13. The van der Waals surface area contributed by atoms with Gasteiger partial charge in [-0.2, -0.15) is 0 Å². The van der Waals surface area contributed by atoms with Crippen molar-refractivity contribution in [3.05, 3.63) is 0 Å². The summed E-state index contributed by atoms with van der Waals surface area (Å²) in [7, 11) is 1.90. The van der Waals surface area contributed by atoms with Crippen LogP contribution in [0.15, 0.2) is 0 Å². The number of likely N-dealkylation sites (N-methyl/N-ethyl adjacent to an activating group) is 1. The van der Waals surface area contributed by atoms with Gasteiger partial charge in [-0.05, 0) is 33.2 Å². The average molecular weight is 231 g/mol. The number of nitrogens with one attached hydrogen (secondary N) is 1. The fraction of sp³-hybridized carbons (Fsp3) is 1.00. The highest BCUT2D eigenvalue weighted by Gasteiger charge is 2.34. The summed E-state index contributed by atoms with van der Waals surface area (Å²) < 4.78 is 11.6. The number of hydrogen-bond donors (Lipinski definition) is 2. The Labute approximate surface area is 98.3 Å². The van der Waals surface area contributed by atoms with Crippen LogP contribution >= 0.6 is 0 Å². The van der Waals surface area contributed by atoms with Gasteiger partial charge in [0.15, 0.2) is 6.29 Å². The first-order chi connectivity index (χ1) is 7.62. The first kappa shape index (κ1) is 13.9. The molecule has 0 amide bonds. The SMILES string of the molecule is CNCC(C)(OC1CCCCO1)C(C)CO. The van der Waals surface area contributed by atoms with Crippen molar-refractivity contribution >= 4 is 0 Å². The average Bonchev–Trinajstić information content (AvgIpc) is 2.29. The molecule has 0 radical (unpaired) electrons. The van der Waals surface area contributed by atoms with Gasteiger partial charge in [-0.15, -0.1) is 0 Å². The molecule has 0 spiro atoms. The van der Waals surface area contributed by atoms with Gasteiger partial charge in [-0.25, -0.2) is 0 Å². The minimum Gasteiger partial charge on any atom is -0.396 e. The molecular weight excluding hydrogens is 206 g/mol. The molecule has 1 fully saturated rings. The summed E-state index contributed by atoms with van der Waals surface area (Å²) in [6, 6.07) is 0. The lowest BCUT2D eigenvalue weighted by Crippen LogP contribution is -2.49. The van der Waals surface area contributed by atoms with Crippen LogP contribution in [0.5, 0.6) is 0 Å². The van der Waals surface area contributed by atoms with Gasteiger partial charge in [0.25, 0.3) is 0 Å². The molecule has 16 heavy (non-hydrogen) atoms. The predicted octanol–water partition coefficient (Wildman–Crippen LogP) is 1.14. The van der Waals surface area contributed by atoms with Gasteiger partial charge in [0, 0.05) is 25.7 Å². The van der Waals surface area contributed by atoms with E-state index in [0.29, 0.717) is 6.54 Å². The normalized spacial score (nSPS) is 27.4. The molecular formula is C12H25NO3. The zero-order chi connectivity index (χ0) is 12.0. The zero-order valence-corrected chi connectivity index (χ0v) is 10.7. The van der Waals surface area contributed by atoms with Crippen LogP contribution in [0.3, 0.4) is 0 Å². The van der Waals surface area contributed by atoms with E-state index in [2.05, 4.69) is 5.32 Å². The van der Waals surface area contributed by atoms with Gasteiger partial charge in [-0.1, -0.05) is 6.92 Å².